The molecule has 0 N–H and O–H groups in total. The summed E-state index contributed by atoms with van der Waals surface area (Å²) < 4.78 is 10.0. The van der Waals surface area contributed by atoms with Gasteiger partial charge in [0, 0.05) is 5.57 Å². The quantitative estimate of drug-likeness (QED) is 0.278. The normalized spacial score (nSPS) is 11.0. The first-order chi connectivity index (χ1) is 9.02. The van der Waals surface area contributed by atoms with Gasteiger partial charge in [-0.2, -0.15) is 0 Å². The van der Waals surface area contributed by atoms with Crippen LogP contribution in [0, 0.1) is 0 Å². The average molecular weight is 268 g/mol. The molecule has 0 aromatic carbocycles. The number of rotatable bonds is 9. The Bertz CT molecular complexity index is 342. The van der Waals surface area contributed by atoms with Gasteiger partial charge in [0.1, 0.15) is 0 Å². The van der Waals surface area contributed by atoms with Crippen molar-refractivity contribution in [3.8, 4) is 0 Å². The Labute approximate surface area is 115 Å². The molecule has 0 atom stereocenters. The largest absolute Gasteiger partial charge is 0.460 e. The molecule has 0 aromatic heterocycles. The molecule has 0 spiro atoms. The van der Waals surface area contributed by atoms with Crippen molar-refractivity contribution in [1.82, 2.24) is 0 Å². The van der Waals surface area contributed by atoms with E-state index in [2.05, 4.69) is 6.58 Å². The number of hydrogen-bond acceptors (Lipinski definition) is 4. The second-order valence-corrected chi connectivity index (χ2v) is 4.37. The van der Waals surface area contributed by atoms with Gasteiger partial charge in [0.05, 0.1) is 6.61 Å². The summed E-state index contributed by atoms with van der Waals surface area (Å²) in [5.74, 6) is -1.22. The number of unbranched alkanes of at least 4 members (excludes halogenated alkanes) is 3. The first kappa shape index (κ1) is 17.4. The van der Waals surface area contributed by atoms with Gasteiger partial charge in [0.15, 0.2) is 0 Å². The number of esters is 2. The first-order valence-electron chi connectivity index (χ1n) is 6.77. The molecule has 0 bridgehead atoms. The van der Waals surface area contributed by atoms with Gasteiger partial charge in [-0.05, 0) is 32.3 Å². The molecule has 0 saturated carbocycles. The molecule has 0 fully saturated rings. The highest BCUT2D eigenvalue weighted by molar-refractivity contribution is 5.94. The summed E-state index contributed by atoms with van der Waals surface area (Å²) in [6.45, 7) is 9.42. The summed E-state index contributed by atoms with van der Waals surface area (Å²) in [4.78, 5) is 23.2. The van der Waals surface area contributed by atoms with Crippen molar-refractivity contribution in [3.63, 3.8) is 0 Å². The number of ether oxygens (including phenoxy) is 2. The van der Waals surface area contributed by atoms with Crippen LogP contribution in [0.15, 0.2) is 24.0 Å². The molecular weight excluding hydrogens is 244 g/mol. The van der Waals surface area contributed by atoms with E-state index in [0.29, 0.717) is 13.0 Å². The van der Waals surface area contributed by atoms with Crippen LogP contribution < -0.4 is 0 Å². The second kappa shape index (κ2) is 10.4. The van der Waals surface area contributed by atoms with Gasteiger partial charge in [-0.15, -0.1) is 0 Å². The summed E-state index contributed by atoms with van der Waals surface area (Å²) in [5, 5.41) is 0. The van der Waals surface area contributed by atoms with E-state index in [1.807, 2.05) is 13.8 Å². The van der Waals surface area contributed by atoms with Crippen LogP contribution in [-0.2, 0) is 19.1 Å². The molecule has 108 valence electrons. The van der Waals surface area contributed by atoms with Gasteiger partial charge in [-0.3, -0.25) is 0 Å². The smallest absolute Gasteiger partial charge is 0.374 e. The monoisotopic (exact) mass is 268 g/mol. The summed E-state index contributed by atoms with van der Waals surface area (Å²) in [7, 11) is 0. The van der Waals surface area contributed by atoms with E-state index in [0.717, 1.165) is 25.7 Å². The molecule has 0 amide bonds. The fourth-order valence-corrected chi connectivity index (χ4v) is 1.17. The molecule has 0 unspecified atom stereocenters. The molecule has 0 aliphatic heterocycles. The van der Waals surface area contributed by atoms with E-state index >= 15 is 0 Å². The molecule has 0 aliphatic carbocycles. The van der Waals surface area contributed by atoms with Crippen molar-refractivity contribution in [2.24, 2.45) is 0 Å². The van der Waals surface area contributed by atoms with Gasteiger partial charge in [-0.25, -0.2) is 9.59 Å². The molecule has 0 aromatic rings. The lowest BCUT2D eigenvalue weighted by molar-refractivity contribution is -0.149. The van der Waals surface area contributed by atoms with Crippen molar-refractivity contribution in [1.29, 1.82) is 0 Å². The highest BCUT2D eigenvalue weighted by Crippen LogP contribution is 2.09. The standard InChI is InChI=1S/C15H24O4/c1-5-7-9-10-13(19-14(16)12(3)4)15(17)18-11-8-6-2/h10H,3,5-9,11H2,1-2,4H3/b13-10+. The lowest BCUT2D eigenvalue weighted by atomic mass is 10.2. The Morgan fingerprint density at radius 1 is 1.11 bits per heavy atom. The second-order valence-electron chi connectivity index (χ2n) is 4.37. The Morgan fingerprint density at radius 2 is 1.74 bits per heavy atom. The Morgan fingerprint density at radius 3 is 2.26 bits per heavy atom. The maximum absolute atomic E-state index is 11.8. The zero-order valence-electron chi connectivity index (χ0n) is 12.2. The highest BCUT2D eigenvalue weighted by atomic mass is 16.6. The van der Waals surface area contributed by atoms with E-state index in [4.69, 9.17) is 9.47 Å². The Hall–Kier alpha value is -1.58. The number of hydrogen-bond donors (Lipinski definition) is 0. The molecule has 4 nitrogen and oxygen atoms in total. The molecular formula is C15H24O4. The van der Waals surface area contributed by atoms with Crippen LogP contribution in [0.4, 0.5) is 0 Å². The minimum absolute atomic E-state index is 0.0300. The van der Waals surface area contributed by atoms with E-state index in [-0.39, 0.29) is 11.3 Å². The topological polar surface area (TPSA) is 52.6 Å². The van der Waals surface area contributed by atoms with Gasteiger partial charge in [-0.1, -0.05) is 33.3 Å². The predicted molar refractivity (Wildman–Crippen MR) is 74.4 cm³/mol. The molecule has 0 saturated heterocycles. The maximum Gasteiger partial charge on any atom is 0.374 e. The SMILES string of the molecule is C=C(C)C(=O)O/C(=C/CCCC)C(=O)OCCCC. The third-order valence-electron chi connectivity index (χ3n) is 2.37. The Kier molecular flexibility index (Phi) is 9.49. The van der Waals surface area contributed by atoms with Crippen LogP contribution in [0.2, 0.25) is 0 Å². The van der Waals surface area contributed by atoms with Crippen LogP contribution in [0.3, 0.4) is 0 Å². The van der Waals surface area contributed by atoms with Crippen molar-refractivity contribution < 1.29 is 19.1 Å². The zero-order chi connectivity index (χ0) is 14.7. The number of carbonyl (C=O) groups excluding carboxylic acids is 2. The molecule has 4 heteroatoms. The van der Waals surface area contributed by atoms with Crippen molar-refractivity contribution >= 4 is 11.9 Å². The molecule has 19 heavy (non-hydrogen) atoms. The minimum Gasteiger partial charge on any atom is -0.460 e. The van der Waals surface area contributed by atoms with Crippen molar-refractivity contribution in [2.45, 2.75) is 52.9 Å². The number of carbonyl (C=O) groups is 2. The van der Waals surface area contributed by atoms with Crippen LogP contribution in [-0.4, -0.2) is 18.5 Å². The van der Waals surface area contributed by atoms with Crippen LogP contribution in [0.1, 0.15) is 52.9 Å². The third kappa shape index (κ3) is 8.19. The van der Waals surface area contributed by atoms with E-state index in [1.165, 1.54) is 6.92 Å². The molecule has 0 rings (SSSR count). The summed E-state index contributed by atoms with van der Waals surface area (Å²) in [5.41, 5.74) is 0.253. The fraction of sp³-hybridized carbons (Fsp3) is 0.600. The lowest BCUT2D eigenvalue weighted by Crippen LogP contribution is -2.15. The van der Waals surface area contributed by atoms with E-state index < -0.39 is 11.9 Å². The van der Waals surface area contributed by atoms with Gasteiger partial charge in [0.25, 0.3) is 0 Å². The summed E-state index contributed by atoms with van der Waals surface area (Å²) in [6.07, 6.45) is 5.95. The lowest BCUT2D eigenvalue weighted by Gasteiger charge is -2.09. The zero-order valence-corrected chi connectivity index (χ0v) is 12.2. The predicted octanol–water partition coefficient (Wildman–Crippen LogP) is 3.52. The van der Waals surface area contributed by atoms with Gasteiger partial charge < -0.3 is 9.47 Å². The van der Waals surface area contributed by atoms with Crippen LogP contribution in [0.25, 0.3) is 0 Å². The van der Waals surface area contributed by atoms with Crippen molar-refractivity contribution in [2.75, 3.05) is 6.61 Å². The summed E-state index contributed by atoms with van der Waals surface area (Å²) in [6, 6.07) is 0. The van der Waals surface area contributed by atoms with Crippen LogP contribution >= 0.6 is 0 Å². The number of allylic oxidation sites excluding steroid dienone is 1. The highest BCUT2D eigenvalue weighted by Gasteiger charge is 2.16. The molecule has 0 radical (unpaired) electrons. The first-order valence-corrected chi connectivity index (χ1v) is 6.77. The van der Waals surface area contributed by atoms with Gasteiger partial charge >= 0.3 is 11.9 Å². The maximum atomic E-state index is 11.8. The average Bonchev–Trinajstić information content (AvgIpc) is 2.37. The Balaban J connectivity index is 4.56. The summed E-state index contributed by atoms with van der Waals surface area (Å²) >= 11 is 0. The van der Waals surface area contributed by atoms with Gasteiger partial charge in [0.2, 0.25) is 5.76 Å². The minimum atomic E-state index is -0.602. The fourth-order valence-electron chi connectivity index (χ4n) is 1.17. The molecule has 0 heterocycles. The van der Waals surface area contributed by atoms with E-state index in [9.17, 15) is 9.59 Å². The van der Waals surface area contributed by atoms with Crippen molar-refractivity contribution in [3.05, 3.63) is 24.0 Å². The van der Waals surface area contributed by atoms with Crippen LogP contribution in [0.5, 0.6) is 0 Å². The van der Waals surface area contributed by atoms with E-state index in [1.54, 1.807) is 6.08 Å². The third-order valence-corrected chi connectivity index (χ3v) is 2.37. The molecule has 0 aliphatic rings.